The van der Waals surface area contributed by atoms with E-state index in [1.165, 1.54) is 0 Å². The van der Waals surface area contributed by atoms with E-state index in [1.54, 1.807) is 10.6 Å². The summed E-state index contributed by atoms with van der Waals surface area (Å²) in [6.45, 7) is 3.81. The number of nitrogens with one attached hydrogen (secondary N) is 1. The van der Waals surface area contributed by atoms with Crippen LogP contribution in [0.15, 0.2) is 65.9 Å². The van der Waals surface area contributed by atoms with Crippen LogP contribution < -0.4 is 5.43 Å². The fraction of sp³-hybridized carbons (Fsp3) is 0.0952. The van der Waals surface area contributed by atoms with Crippen molar-refractivity contribution in [2.45, 2.75) is 13.8 Å². The Balaban J connectivity index is 1.62. The number of carbonyl (C=O) groups is 1. The average Bonchev–Trinajstić information content (AvgIpc) is 2.97. The zero-order chi connectivity index (χ0) is 18.1. The molecule has 5 nitrogen and oxygen atoms in total. The van der Waals surface area contributed by atoms with Gasteiger partial charge in [-0.1, -0.05) is 48.5 Å². The number of imidazole rings is 1. The van der Waals surface area contributed by atoms with E-state index in [1.807, 2.05) is 62.5 Å². The van der Waals surface area contributed by atoms with Crippen LogP contribution in [0.4, 0.5) is 0 Å². The molecule has 4 aromatic rings. The van der Waals surface area contributed by atoms with Crippen LogP contribution in [0.2, 0.25) is 0 Å². The van der Waals surface area contributed by atoms with Crippen molar-refractivity contribution in [3.05, 3.63) is 83.3 Å². The molecule has 0 aliphatic rings. The minimum absolute atomic E-state index is 0.280. The quantitative estimate of drug-likeness (QED) is 0.454. The molecule has 2 aromatic carbocycles. The van der Waals surface area contributed by atoms with E-state index in [9.17, 15) is 4.79 Å². The summed E-state index contributed by atoms with van der Waals surface area (Å²) in [6.07, 6.45) is 3.57. The summed E-state index contributed by atoms with van der Waals surface area (Å²) in [7, 11) is 0. The van der Waals surface area contributed by atoms with Gasteiger partial charge in [-0.15, -0.1) is 0 Å². The molecule has 0 radical (unpaired) electrons. The summed E-state index contributed by atoms with van der Waals surface area (Å²) < 4.78 is 1.80. The molecule has 0 unspecified atom stereocenters. The number of aryl methyl sites for hydroxylation is 2. The molecule has 2 aromatic heterocycles. The fourth-order valence-electron chi connectivity index (χ4n) is 3.12. The normalized spacial score (nSPS) is 11.5. The number of aromatic nitrogens is 2. The molecule has 0 fully saturated rings. The molecule has 0 saturated carbocycles. The van der Waals surface area contributed by atoms with Crippen molar-refractivity contribution >= 4 is 28.5 Å². The van der Waals surface area contributed by atoms with Gasteiger partial charge in [-0.3, -0.25) is 9.20 Å². The summed E-state index contributed by atoms with van der Waals surface area (Å²) in [5, 5.41) is 6.38. The largest absolute Gasteiger partial charge is 0.295 e. The maximum Gasteiger partial charge on any atom is 0.290 e. The topological polar surface area (TPSA) is 58.8 Å². The van der Waals surface area contributed by atoms with E-state index in [0.717, 1.165) is 27.5 Å². The number of pyridine rings is 1. The average molecular weight is 342 g/mol. The van der Waals surface area contributed by atoms with Crippen molar-refractivity contribution in [3.63, 3.8) is 0 Å². The Morgan fingerprint density at radius 1 is 1.08 bits per heavy atom. The molecule has 0 atom stereocenters. The van der Waals surface area contributed by atoms with Crippen molar-refractivity contribution in [3.8, 4) is 0 Å². The Labute approximate surface area is 151 Å². The Kier molecular flexibility index (Phi) is 3.97. The first-order valence-corrected chi connectivity index (χ1v) is 8.40. The highest BCUT2D eigenvalue weighted by atomic mass is 16.2. The van der Waals surface area contributed by atoms with Crippen LogP contribution in [0, 0.1) is 13.8 Å². The van der Waals surface area contributed by atoms with Gasteiger partial charge in [0.05, 0.1) is 11.9 Å². The zero-order valence-corrected chi connectivity index (χ0v) is 14.6. The first-order valence-electron chi connectivity index (χ1n) is 8.40. The summed E-state index contributed by atoms with van der Waals surface area (Å²) >= 11 is 0. The Morgan fingerprint density at radius 3 is 2.77 bits per heavy atom. The number of amides is 1. The first kappa shape index (κ1) is 16.0. The van der Waals surface area contributed by atoms with E-state index in [0.29, 0.717) is 11.4 Å². The Morgan fingerprint density at radius 2 is 1.88 bits per heavy atom. The van der Waals surface area contributed by atoms with E-state index in [-0.39, 0.29) is 5.91 Å². The lowest BCUT2D eigenvalue weighted by Gasteiger charge is -2.03. The predicted molar refractivity (Wildman–Crippen MR) is 104 cm³/mol. The van der Waals surface area contributed by atoms with Gasteiger partial charge in [0.1, 0.15) is 11.3 Å². The number of hydrogen-bond acceptors (Lipinski definition) is 3. The lowest BCUT2D eigenvalue weighted by atomic mass is 10.1. The van der Waals surface area contributed by atoms with Crippen LogP contribution in [0.25, 0.3) is 16.4 Å². The van der Waals surface area contributed by atoms with Gasteiger partial charge >= 0.3 is 0 Å². The number of carbonyl (C=O) groups excluding carboxylic acids is 1. The number of fused-ring (bicyclic) bond motifs is 2. The number of hydrazone groups is 1. The van der Waals surface area contributed by atoms with Crippen LogP contribution in [-0.4, -0.2) is 21.5 Å². The van der Waals surface area contributed by atoms with Gasteiger partial charge in [0, 0.05) is 11.8 Å². The van der Waals surface area contributed by atoms with E-state index in [4.69, 9.17) is 0 Å². The van der Waals surface area contributed by atoms with Gasteiger partial charge in [0.15, 0.2) is 0 Å². The third-order valence-electron chi connectivity index (χ3n) is 4.35. The first-order chi connectivity index (χ1) is 12.6. The summed E-state index contributed by atoms with van der Waals surface area (Å²) in [5.74, 6) is -0.280. The molecule has 4 rings (SSSR count). The third-order valence-corrected chi connectivity index (χ3v) is 4.35. The van der Waals surface area contributed by atoms with E-state index in [2.05, 4.69) is 27.6 Å². The minimum atomic E-state index is -0.280. The highest BCUT2D eigenvalue weighted by Gasteiger charge is 2.16. The van der Waals surface area contributed by atoms with Crippen LogP contribution in [-0.2, 0) is 0 Å². The molecule has 26 heavy (non-hydrogen) atoms. The van der Waals surface area contributed by atoms with Gasteiger partial charge in [-0.05, 0) is 36.2 Å². The van der Waals surface area contributed by atoms with Crippen LogP contribution in [0.3, 0.4) is 0 Å². The van der Waals surface area contributed by atoms with E-state index >= 15 is 0 Å². The molecule has 1 amide bonds. The molecule has 0 bridgehead atoms. The van der Waals surface area contributed by atoms with Crippen molar-refractivity contribution in [2.75, 3.05) is 0 Å². The maximum atomic E-state index is 12.6. The Hall–Kier alpha value is -3.47. The lowest BCUT2D eigenvalue weighted by molar-refractivity contribution is 0.0948. The van der Waals surface area contributed by atoms with Gasteiger partial charge in [-0.25, -0.2) is 10.4 Å². The van der Waals surface area contributed by atoms with Gasteiger partial charge < -0.3 is 0 Å². The molecule has 2 heterocycles. The van der Waals surface area contributed by atoms with Gasteiger partial charge in [0.25, 0.3) is 5.91 Å². The van der Waals surface area contributed by atoms with Gasteiger partial charge in [-0.2, -0.15) is 5.10 Å². The second kappa shape index (κ2) is 6.44. The van der Waals surface area contributed by atoms with Crippen molar-refractivity contribution in [1.29, 1.82) is 0 Å². The molecule has 0 aliphatic carbocycles. The molecule has 0 aliphatic heterocycles. The van der Waals surface area contributed by atoms with Crippen molar-refractivity contribution < 1.29 is 4.79 Å². The number of benzene rings is 2. The van der Waals surface area contributed by atoms with E-state index < -0.39 is 0 Å². The molecular weight excluding hydrogens is 324 g/mol. The summed E-state index contributed by atoms with van der Waals surface area (Å²) in [6, 6.07) is 18.0. The molecule has 0 spiro atoms. The molecular formula is C21H18N4O. The highest BCUT2D eigenvalue weighted by molar-refractivity contribution is 6.00. The smallest absolute Gasteiger partial charge is 0.290 e. The third kappa shape index (κ3) is 2.84. The molecule has 0 saturated heterocycles. The molecule has 5 heteroatoms. The second-order valence-corrected chi connectivity index (χ2v) is 6.25. The Bertz CT molecular complexity index is 1150. The minimum Gasteiger partial charge on any atom is -0.295 e. The maximum absolute atomic E-state index is 12.6. The number of nitrogens with zero attached hydrogens (tertiary/aromatic N) is 3. The predicted octanol–water partition coefficient (Wildman–Crippen LogP) is 3.87. The summed E-state index contributed by atoms with van der Waals surface area (Å²) in [5.41, 5.74) is 6.55. The van der Waals surface area contributed by atoms with Gasteiger partial charge in [0.2, 0.25) is 0 Å². The summed E-state index contributed by atoms with van der Waals surface area (Å²) in [4.78, 5) is 17.1. The van der Waals surface area contributed by atoms with Crippen LogP contribution >= 0.6 is 0 Å². The van der Waals surface area contributed by atoms with Crippen LogP contribution in [0.1, 0.15) is 27.3 Å². The highest BCUT2D eigenvalue weighted by Crippen LogP contribution is 2.17. The lowest BCUT2D eigenvalue weighted by Crippen LogP contribution is -2.20. The zero-order valence-electron chi connectivity index (χ0n) is 14.6. The van der Waals surface area contributed by atoms with Crippen LogP contribution in [0.5, 0.6) is 0 Å². The number of hydrogen-bond donors (Lipinski definition) is 1. The molecule has 1 N–H and O–H groups in total. The number of rotatable bonds is 3. The monoisotopic (exact) mass is 342 g/mol. The van der Waals surface area contributed by atoms with Crippen molar-refractivity contribution in [2.24, 2.45) is 5.10 Å². The standard InChI is InChI=1S/C21H18N4O/c1-14-10-11-19-23-15(2)20(25(19)13-14)21(26)24-22-12-17-8-5-7-16-6-3-4-9-18(16)17/h3-13H,1-2H3,(H,24,26)/b22-12-. The molecule has 128 valence electrons. The fourth-order valence-corrected chi connectivity index (χ4v) is 3.12. The van der Waals surface area contributed by atoms with Crippen molar-refractivity contribution in [1.82, 2.24) is 14.8 Å². The second-order valence-electron chi connectivity index (χ2n) is 6.25. The SMILES string of the molecule is Cc1ccc2nc(C)c(C(=O)N/N=C\c3cccc4ccccc34)n2c1.